The molecule has 0 aromatic carbocycles. The predicted molar refractivity (Wildman–Crippen MR) is 78.6 cm³/mol. The normalized spacial score (nSPS) is 10.6. The quantitative estimate of drug-likeness (QED) is 0.701. The Morgan fingerprint density at radius 2 is 1.95 bits per heavy atom. The fourth-order valence-electron chi connectivity index (χ4n) is 1.62. The fraction of sp³-hybridized carbons (Fsp3) is 0.667. The molecule has 1 rings (SSSR count). The molecule has 0 unspecified atom stereocenters. The molecule has 1 heterocycles. The van der Waals surface area contributed by atoms with Gasteiger partial charge in [0.1, 0.15) is 5.51 Å². The number of anilines is 1. The minimum Gasteiger partial charge on any atom is -0.355 e. The molecule has 2 N–H and O–H groups in total. The molecule has 0 spiro atoms. The number of carbonyl (C=O) groups is 2. The van der Waals surface area contributed by atoms with Gasteiger partial charge in [-0.15, -0.1) is 10.2 Å². The van der Waals surface area contributed by atoms with E-state index in [2.05, 4.69) is 39.6 Å². The summed E-state index contributed by atoms with van der Waals surface area (Å²) in [5, 5.41) is 13.2. The molecule has 0 atom stereocenters. The van der Waals surface area contributed by atoms with Crippen molar-refractivity contribution in [3.05, 3.63) is 5.51 Å². The molecule has 1 aromatic heterocycles. The topological polar surface area (TPSA) is 87.2 Å². The molecule has 0 bridgehead atoms. The van der Waals surface area contributed by atoms with E-state index in [4.69, 9.17) is 0 Å². The van der Waals surface area contributed by atoms with Crippen molar-refractivity contribution >= 4 is 28.3 Å². The number of likely N-dealkylation sites (N-methyl/N-ethyl adjacent to an activating group) is 1. The molecule has 20 heavy (non-hydrogen) atoms. The summed E-state index contributed by atoms with van der Waals surface area (Å²) in [4.78, 5) is 25.3. The van der Waals surface area contributed by atoms with Crippen LogP contribution < -0.4 is 10.6 Å². The van der Waals surface area contributed by atoms with Crippen molar-refractivity contribution in [2.75, 3.05) is 31.5 Å². The molecular weight excluding hydrogens is 278 g/mol. The number of carbonyl (C=O) groups excluding carboxylic acids is 2. The maximum absolute atomic E-state index is 11.6. The molecular formula is C12H21N5O2S. The Labute approximate surface area is 122 Å². The number of rotatable bonds is 9. The minimum absolute atomic E-state index is 0.107. The summed E-state index contributed by atoms with van der Waals surface area (Å²) in [7, 11) is 0. The second kappa shape index (κ2) is 9.38. The lowest BCUT2D eigenvalue weighted by molar-refractivity contribution is -0.124. The minimum atomic E-state index is -0.222. The van der Waals surface area contributed by atoms with E-state index in [-0.39, 0.29) is 24.7 Å². The van der Waals surface area contributed by atoms with Crippen LogP contribution in [0.2, 0.25) is 0 Å². The second-order valence-electron chi connectivity index (χ2n) is 4.17. The van der Waals surface area contributed by atoms with Crippen LogP contribution in [0.4, 0.5) is 5.13 Å². The summed E-state index contributed by atoms with van der Waals surface area (Å²) < 4.78 is 0. The number of hydrogen-bond donors (Lipinski definition) is 2. The van der Waals surface area contributed by atoms with Gasteiger partial charge < -0.3 is 15.5 Å². The first-order chi connectivity index (χ1) is 9.65. The highest BCUT2D eigenvalue weighted by Gasteiger charge is 2.08. The molecule has 0 radical (unpaired) electrons. The first-order valence-corrected chi connectivity index (χ1v) is 7.58. The Kier molecular flexibility index (Phi) is 7.74. The van der Waals surface area contributed by atoms with Gasteiger partial charge in [-0.25, -0.2) is 0 Å². The standard InChI is InChI=1S/C12H21N5O2S/c1-3-17(4-2)8-7-13-10(18)5-6-11(19)15-12-16-14-9-20-12/h9H,3-8H2,1-2H3,(H,13,18)(H,15,16,19). The Bertz CT molecular complexity index is 406. The van der Waals surface area contributed by atoms with E-state index in [1.807, 2.05) is 0 Å². The van der Waals surface area contributed by atoms with Crippen LogP contribution in [-0.4, -0.2) is 53.1 Å². The first kappa shape index (κ1) is 16.5. The maximum Gasteiger partial charge on any atom is 0.226 e. The Morgan fingerprint density at radius 3 is 2.55 bits per heavy atom. The Hall–Kier alpha value is -1.54. The lowest BCUT2D eigenvalue weighted by atomic mass is 10.3. The van der Waals surface area contributed by atoms with E-state index < -0.39 is 0 Å². The van der Waals surface area contributed by atoms with Crippen LogP contribution in [-0.2, 0) is 9.59 Å². The molecule has 0 aliphatic carbocycles. The lowest BCUT2D eigenvalue weighted by Gasteiger charge is -2.17. The highest BCUT2D eigenvalue weighted by molar-refractivity contribution is 7.13. The van der Waals surface area contributed by atoms with Gasteiger partial charge in [-0.1, -0.05) is 25.2 Å². The zero-order valence-corrected chi connectivity index (χ0v) is 12.7. The summed E-state index contributed by atoms with van der Waals surface area (Å²) in [5.41, 5.74) is 1.54. The maximum atomic E-state index is 11.6. The summed E-state index contributed by atoms with van der Waals surface area (Å²) in [6.07, 6.45) is 0.333. The van der Waals surface area contributed by atoms with Crippen molar-refractivity contribution in [1.82, 2.24) is 20.4 Å². The van der Waals surface area contributed by atoms with Crippen LogP contribution in [0.5, 0.6) is 0 Å². The van der Waals surface area contributed by atoms with Crippen LogP contribution >= 0.6 is 11.3 Å². The summed E-state index contributed by atoms with van der Waals surface area (Å²) in [6, 6.07) is 0. The molecule has 0 fully saturated rings. The van der Waals surface area contributed by atoms with Crippen LogP contribution in [0.25, 0.3) is 0 Å². The Balaban J connectivity index is 2.12. The van der Waals surface area contributed by atoms with Gasteiger partial charge in [0.05, 0.1) is 0 Å². The van der Waals surface area contributed by atoms with Gasteiger partial charge in [-0.3, -0.25) is 9.59 Å². The van der Waals surface area contributed by atoms with Crippen LogP contribution in [0.1, 0.15) is 26.7 Å². The molecule has 0 aliphatic rings. The van der Waals surface area contributed by atoms with Crippen molar-refractivity contribution in [3.8, 4) is 0 Å². The lowest BCUT2D eigenvalue weighted by Crippen LogP contribution is -2.35. The molecule has 2 amide bonds. The van der Waals surface area contributed by atoms with E-state index >= 15 is 0 Å². The highest BCUT2D eigenvalue weighted by Crippen LogP contribution is 2.08. The van der Waals surface area contributed by atoms with Crippen LogP contribution in [0.15, 0.2) is 5.51 Å². The third-order valence-corrected chi connectivity index (χ3v) is 3.44. The number of nitrogens with zero attached hydrogens (tertiary/aromatic N) is 3. The van der Waals surface area contributed by atoms with Crippen molar-refractivity contribution in [1.29, 1.82) is 0 Å². The molecule has 0 saturated carbocycles. The van der Waals surface area contributed by atoms with Crippen LogP contribution in [0, 0.1) is 0 Å². The molecule has 7 nitrogen and oxygen atoms in total. The largest absolute Gasteiger partial charge is 0.355 e. The smallest absolute Gasteiger partial charge is 0.226 e. The molecule has 1 aromatic rings. The molecule has 0 aliphatic heterocycles. The molecule has 8 heteroatoms. The third-order valence-electron chi connectivity index (χ3n) is 2.83. The van der Waals surface area contributed by atoms with Gasteiger partial charge in [0.15, 0.2) is 0 Å². The van der Waals surface area contributed by atoms with Gasteiger partial charge in [-0.2, -0.15) is 0 Å². The van der Waals surface area contributed by atoms with Crippen molar-refractivity contribution in [2.45, 2.75) is 26.7 Å². The van der Waals surface area contributed by atoms with Crippen molar-refractivity contribution in [2.24, 2.45) is 0 Å². The number of aromatic nitrogens is 2. The van der Waals surface area contributed by atoms with Crippen molar-refractivity contribution in [3.63, 3.8) is 0 Å². The van der Waals surface area contributed by atoms with Gasteiger partial charge in [-0.05, 0) is 13.1 Å². The number of nitrogens with one attached hydrogen (secondary N) is 2. The first-order valence-electron chi connectivity index (χ1n) is 6.70. The van der Waals surface area contributed by atoms with E-state index in [9.17, 15) is 9.59 Å². The number of amides is 2. The summed E-state index contributed by atoms with van der Waals surface area (Å²) >= 11 is 1.25. The fourth-order valence-corrected chi connectivity index (χ4v) is 2.08. The van der Waals surface area contributed by atoms with E-state index in [0.29, 0.717) is 11.7 Å². The monoisotopic (exact) mass is 299 g/mol. The van der Waals surface area contributed by atoms with Gasteiger partial charge in [0.2, 0.25) is 16.9 Å². The highest BCUT2D eigenvalue weighted by atomic mass is 32.1. The Morgan fingerprint density at radius 1 is 1.25 bits per heavy atom. The zero-order chi connectivity index (χ0) is 14.8. The van der Waals surface area contributed by atoms with Gasteiger partial charge in [0, 0.05) is 25.9 Å². The van der Waals surface area contributed by atoms with Gasteiger partial charge in [0.25, 0.3) is 0 Å². The zero-order valence-electron chi connectivity index (χ0n) is 11.9. The van der Waals surface area contributed by atoms with E-state index in [1.165, 1.54) is 16.8 Å². The molecule has 0 saturated heterocycles. The average Bonchev–Trinajstić information content (AvgIpc) is 2.94. The van der Waals surface area contributed by atoms with E-state index in [1.54, 1.807) is 0 Å². The van der Waals surface area contributed by atoms with Crippen molar-refractivity contribution < 1.29 is 9.59 Å². The average molecular weight is 299 g/mol. The number of hydrogen-bond acceptors (Lipinski definition) is 6. The summed E-state index contributed by atoms with van der Waals surface area (Å²) in [5.74, 6) is -0.329. The SMILES string of the molecule is CCN(CC)CCNC(=O)CCC(=O)Nc1nncs1. The summed E-state index contributed by atoms with van der Waals surface area (Å²) in [6.45, 7) is 7.55. The van der Waals surface area contributed by atoms with Gasteiger partial charge >= 0.3 is 0 Å². The predicted octanol–water partition coefficient (Wildman–Crippen LogP) is 0.715. The van der Waals surface area contributed by atoms with Crippen LogP contribution in [0.3, 0.4) is 0 Å². The molecule has 112 valence electrons. The second-order valence-corrected chi connectivity index (χ2v) is 5.00. The van der Waals surface area contributed by atoms with E-state index in [0.717, 1.165) is 19.6 Å². The third kappa shape index (κ3) is 6.58.